The Morgan fingerprint density at radius 1 is 1.11 bits per heavy atom. The number of alkyl halides is 1. The third-order valence-corrected chi connectivity index (χ3v) is 3.86. The van der Waals surface area contributed by atoms with Crippen molar-refractivity contribution >= 4 is 17.5 Å². The summed E-state index contributed by atoms with van der Waals surface area (Å²) in [5.74, 6) is 0.0568. The van der Waals surface area contributed by atoms with E-state index in [1.165, 1.54) is 6.42 Å². The van der Waals surface area contributed by atoms with Crippen molar-refractivity contribution < 1.29 is 4.79 Å². The van der Waals surface area contributed by atoms with Crippen LogP contribution in [0.3, 0.4) is 0 Å². The van der Waals surface area contributed by atoms with Crippen molar-refractivity contribution in [2.45, 2.75) is 38.5 Å². The van der Waals surface area contributed by atoms with Crippen molar-refractivity contribution in [1.82, 2.24) is 4.90 Å². The first-order valence-corrected chi connectivity index (χ1v) is 7.02. The average molecular weight is 266 g/mol. The van der Waals surface area contributed by atoms with Gasteiger partial charge in [0.25, 0.3) is 0 Å². The summed E-state index contributed by atoms with van der Waals surface area (Å²) in [7, 11) is 0. The van der Waals surface area contributed by atoms with E-state index in [0.29, 0.717) is 0 Å². The highest BCUT2D eigenvalue weighted by molar-refractivity contribution is 6.30. The molecule has 1 aliphatic heterocycles. The molecule has 0 aromatic heterocycles. The van der Waals surface area contributed by atoms with Gasteiger partial charge in [-0.2, -0.15) is 0 Å². The van der Waals surface area contributed by atoms with Gasteiger partial charge in [-0.25, -0.2) is 0 Å². The standard InChI is InChI=1S/C15H20ClNO/c1-11-8-12(2)10-13(9-11)14(16)15(18)17-6-4-3-5-7-17/h8-10,14H,3-7H2,1-2H3. The summed E-state index contributed by atoms with van der Waals surface area (Å²) in [4.78, 5) is 14.2. The number of likely N-dealkylation sites (tertiary alicyclic amines) is 1. The molecule has 1 aliphatic rings. The molecule has 0 N–H and O–H groups in total. The lowest BCUT2D eigenvalue weighted by Crippen LogP contribution is -2.37. The fourth-order valence-corrected chi connectivity index (χ4v) is 2.84. The second-order valence-electron chi connectivity index (χ2n) is 5.17. The number of benzene rings is 1. The smallest absolute Gasteiger partial charge is 0.245 e. The van der Waals surface area contributed by atoms with Gasteiger partial charge in [-0.15, -0.1) is 11.6 Å². The summed E-state index contributed by atoms with van der Waals surface area (Å²) >= 11 is 6.34. The molecule has 0 saturated carbocycles. The molecule has 2 nitrogen and oxygen atoms in total. The van der Waals surface area contributed by atoms with E-state index in [4.69, 9.17) is 11.6 Å². The molecule has 1 heterocycles. The van der Waals surface area contributed by atoms with Gasteiger partial charge < -0.3 is 4.90 Å². The van der Waals surface area contributed by atoms with Crippen LogP contribution in [-0.2, 0) is 4.79 Å². The Labute approximate surface area is 114 Å². The molecule has 0 aliphatic carbocycles. The molecule has 3 heteroatoms. The van der Waals surface area contributed by atoms with Crippen molar-refractivity contribution in [3.8, 4) is 0 Å². The summed E-state index contributed by atoms with van der Waals surface area (Å²) < 4.78 is 0. The van der Waals surface area contributed by atoms with Crippen LogP contribution in [0, 0.1) is 13.8 Å². The van der Waals surface area contributed by atoms with Gasteiger partial charge in [-0.05, 0) is 38.7 Å². The molecule has 1 aromatic rings. The molecule has 2 rings (SSSR count). The normalized spacial score (nSPS) is 17.6. The highest BCUT2D eigenvalue weighted by atomic mass is 35.5. The molecule has 1 fully saturated rings. The summed E-state index contributed by atoms with van der Waals surface area (Å²) in [5.41, 5.74) is 3.23. The van der Waals surface area contributed by atoms with Crippen LogP contribution >= 0.6 is 11.6 Å². The maximum atomic E-state index is 12.3. The molecule has 0 bridgehead atoms. The quantitative estimate of drug-likeness (QED) is 0.749. The van der Waals surface area contributed by atoms with Gasteiger partial charge in [0.2, 0.25) is 5.91 Å². The number of rotatable bonds is 2. The second kappa shape index (κ2) is 5.75. The number of piperidine rings is 1. The predicted molar refractivity (Wildman–Crippen MR) is 74.9 cm³/mol. The molecule has 18 heavy (non-hydrogen) atoms. The van der Waals surface area contributed by atoms with Crippen LogP contribution in [-0.4, -0.2) is 23.9 Å². The molecule has 1 aromatic carbocycles. The van der Waals surface area contributed by atoms with E-state index in [0.717, 1.165) is 42.6 Å². The lowest BCUT2D eigenvalue weighted by atomic mass is 10.0. The maximum Gasteiger partial charge on any atom is 0.245 e. The number of nitrogens with zero attached hydrogens (tertiary/aromatic N) is 1. The van der Waals surface area contributed by atoms with Gasteiger partial charge in [0, 0.05) is 13.1 Å². The molecule has 98 valence electrons. The number of hydrogen-bond donors (Lipinski definition) is 0. The molecule has 1 atom stereocenters. The van der Waals surface area contributed by atoms with E-state index >= 15 is 0 Å². The molecular formula is C15H20ClNO. The first-order chi connectivity index (χ1) is 8.58. The minimum Gasteiger partial charge on any atom is -0.341 e. The minimum atomic E-state index is -0.540. The van der Waals surface area contributed by atoms with Crippen LogP contribution in [0.15, 0.2) is 18.2 Å². The fraction of sp³-hybridized carbons (Fsp3) is 0.533. The number of aryl methyl sites for hydroxylation is 2. The Morgan fingerprint density at radius 3 is 2.22 bits per heavy atom. The van der Waals surface area contributed by atoms with Crippen LogP contribution in [0.25, 0.3) is 0 Å². The first kappa shape index (κ1) is 13.4. The zero-order valence-corrected chi connectivity index (χ0v) is 11.8. The third-order valence-electron chi connectivity index (χ3n) is 3.42. The first-order valence-electron chi connectivity index (χ1n) is 6.59. The molecule has 1 unspecified atom stereocenters. The van der Waals surface area contributed by atoms with Crippen LogP contribution in [0.2, 0.25) is 0 Å². The van der Waals surface area contributed by atoms with Crippen molar-refractivity contribution in [1.29, 1.82) is 0 Å². The maximum absolute atomic E-state index is 12.3. The van der Waals surface area contributed by atoms with E-state index in [1.807, 2.05) is 30.9 Å². The molecule has 0 spiro atoms. The van der Waals surface area contributed by atoms with E-state index in [9.17, 15) is 4.79 Å². The third kappa shape index (κ3) is 3.05. The highest BCUT2D eigenvalue weighted by Gasteiger charge is 2.25. The fourth-order valence-electron chi connectivity index (χ4n) is 2.57. The van der Waals surface area contributed by atoms with Gasteiger partial charge in [0.1, 0.15) is 5.38 Å². The molecule has 1 saturated heterocycles. The van der Waals surface area contributed by atoms with E-state index in [2.05, 4.69) is 6.07 Å². The average Bonchev–Trinajstić information content (AvgIpc) is 2.37. The minimum absolute atomic E-state index is 0.0568. The van der Waals surface area contributed by atoms with E-state index < -0.39 is 5.38 Å². The second-order valence-corrected chi connectivity index (χ2v) is 5.61. The largest absolute Gasteiger partial charge is 0.341 e. The van der Waals surface area contributed by atoms with Crippen molar-refractivity contribution in [2.24, 2.45) is 0 Å². The van der Waals surface area contributed by atoms with Crippen LogP contribution in [0.4, 0.5) is 0 Å². The van der Waals surface area contributed by atoms with Gasteiger partial charge in [-0.1, -0.05) is 29.3 Å². The zero-order chi connectivity index (χ0) is 13.1. The Hall–Kier alpha value is -1.02. The van der Waals surface area contributed by atoms with E-state index in [-0.39, 0.29) is 5.91 Å². The number of halogens is 1. The summed E-state index contributed by atoms with van der Waals surface area (Å²) in [5, 5.41) is -0.540. The van der Waals surface area contributed by atoms with Gasteiger partial charge >= 0.3 is 0 Å². The SMILES string of the molecule is Cc1cc(C)cc(C(Cl)C(=O)N2CCCCC2)c1. The van der Waals surface area contributed by atoms with Gasteiger partial charge in [0.05, 0.1) is 0 Å². The molecule has 0 radical (unpaired) electrons. The van der Waals surface area contributed by atoms with Crippen LogP contribution in [0.5, 0.6) is 0 Å². The Balaban J connectivity index is 2.14. The van der Waals surface area contributed by atoms with Crippen LogP contribution < -0.4 is 0 Å². The molecule has 1 amide bonds. The summed E-state index contributed by atoms with van der Waals surface area (Å²) in [6, 6.07) is 6.11. The predicted octanol–water partition coefficient (Wildman–Crippen LogP) is 3.60. The lowest BCUT2D eigenvalue weighted by molar-refractivity contribution is -0.131. The van der Waals surface area contributed by atoms with E-state index in [1.54, 1.807) is 0 Å². The Morgan fingerprint density at radius 2 is 1.67 bits per heavy atom. The monoisotopic (exact) mass is 265 g/mol. The molecular weight excluding hydrogens is 246 g/mol. The Bertz CT molecular complexity index is 418. The lowest BCUT2D eigenvalue weighted by Gasteiger charge is -2.28. The summed E-state index contributed by atoms with van der Waals surface area (Å²) in [6.45, 7) is 5.77. The highest BCUT2D eigenvalue weighted by Crippen LogP contribution is 2.26. The Kier molecular flexibility index (Phi) is 4.28. The number of carbonyl (C=O) groups is 1. The number of amides is 1. The van der Waals surface area contributed by atoms with Crippen molar-refractivity contribution in [3.05, 3.63) is 34.9 Å². The van der Waals surface area contributed by atoms with Gasteiger partial charge in [-0.3, -0.25) is 4.79 Å². The van der Waals surface area contributed by atoms with Gasteiger partial charge in [0.15, 0.2) is 0 Å². The topological polar surface area (TPSA) is 20.3 Å². The van der Waals surface area contributed by atoms with Crippen molar-refractivity contribution in [2.75, 3.05) is 13.1 Å². The number of hydrogen-bond acceptors (Lipinski definition) is 1. The summed E-state index contributed by atoms with van der Waals surface area (Å²) in [6.07, 6.45) is 3.42. The number of carbonyl (C=O) groups excluding carboxylic acids is 1. The van der Waals surface area contributed by atoms with Crippen LogP contribution in [0.1, 0.15) is 41.3 Å². The zero-order valence-electron chi connectivity index (χ0n) is 11.1. The van der Waals surface area contributed by atoms with Crippen molar-refractivity contribution in [3.63, 3.8) is 0 Å².